The minimum atomic E-state index is -1.33. The minimum Gasteiger partial charge on any atom is -0.492 e. The molecule has 1 heterocycles. The molecule has 6 nitrogen and oxygen atoms in total. The number of anilines is 1. The predicted molar refractivity (Wildman–Crippen MR) is 92.2 cm³/mol. The second-order valence-corrected chi connectivity index (χ2v) is 6.42. The number of ether oxygens (including phenoxy) is 1. The number of methoxy groups -OCH3 is 1. The maximum atomic E-state index is 14.6. The first-order valence-corrected chi connectivity index (χ1v) is 8.25. The summed E-state index contributed by atoms with van der Waals surface area (Å²) in [6.45, 7) is 0.613. The van der Waals surface area contributed by atoms with E-state index < -0.39 is 17.5 Å². The second-order valence-electron chi connectivity index (χ2n) is 5.63. The highest BCUT2D eigenvalue weighted by Crippen LogP contribution is 2.36. The molecule has 0 aliphatic heterocycles. The number of halogens is 3. The van der Waals surface area contributed by atoms with Gasteiger partial charge in [-0.05, 0) is 30.9 Å². The molecule has 1 saturated carbocycles. The van der Waals surface area contributed by atoms with Crippen LogP contribution in [0.4, 0.5) is 10.2 Å². The topological polar surface area (TPSA) is 84.3 Å². The fraction of sp³-hybridized carbons (Fsp3) is 0.312. The third-order valence-electron chi connectivity index (χ3n) is 3.80. The van der Waals surface area contributed by atoms with E-state index in [0.29, 0.717) is 12.5 Å². The fourth-order valence-electron chi connectivity index (χ4n) is 2.28. The van der Waals surface area contributed by atoms with Crippen LogP contribution in [0.2, 0.25) is 10.0 Å². The van der Waals surface area contributed by atoms with Crippen molar-refractivity contribution >= 4 is 35.0 Å². The molecule has 0 radical (unpaired) electrons. The van der Waals surface area contributed by atoms with Gasteiger partial charge in [-0.1, -0.05) is 23.2 Å². The largest absolute Gasteiger partial charge is 0.492 e. The van der Waals surface area contributed by atoms with Crippen LogP contribution in [0.15, 0.2) is 12.1 Å². The van der Waals surface area contributed by atoms with Crippen molar-refractivity contribution < 1.29 is 19.0 Å². The molecule has 1 aliphatic carbocycles. The predicted octanol–water partition coefficient (Wildman–Crippen LogP) is 4.12. The number of carboxylic acids is 1. The normalized spacial score (nSPS) is 13.6. The standard InChI is InChI=1S/C16H14Cl2FN3O3/c1-25-13-9(17)5-4-8(11(13)19)14-21-12(16(23)24)10(18)15(22-14)20-6-7-2-3-7/h4-5,7H,2-3,6H2,1H3,(H,23,24)(H,20,21,22). The van der Waals surface area contributed by atoms with Gasteiger partial charge in [-0.25, -0.2) is 19.2 Å². The van der Waals surface area contributed by atoms with E-state index in [1.165, 1.54) is 19.2 Å². The van der Waals surface area contributed by atoms with Crippen molar-refractivity contribution in [3.05, 3.63) is 33.7 Å². The van der Waals surface area contributed by atoms with E-state index in [1.807, 2.05) is 0 Å². The number of carboxylic acid groups (broad SMARTS) is 1. The van der Waals surface area contributed by atoms with E-state index >= 15 is 0 Å². The van der Waals surface area contributed by atoms with Crippen LogP contribution in [-0.2, 0) is 0 Å². The molecule has 25 heavy (non-hydrogen) atoms. The summed E-state index contributed by atoms with van der Waals surface area (Å²) < 4.78 is 19.6. The fourth-order valence-corrected chi connectivity index (χ4v) is 2.74. The lowest BCUT2D eigenvalue weighted by Crippen LogP contribution is -2.12. The highest BCUT2D eigenvalue weighted by Gasteiger charge is 2.25. The Morgan fingerprint density at radius 1 is 1.40 bits per heavy atom. The zero-order chi connectivity index (χ0) is 18.1. The van der Waals surface area contributed by atoms with Crippen molar-refractivity contribution in [2.75, 3.05) is 19.0 Å². The van der Waals surface area contributed by atoms with Gasteiger partial charge in [-0.3, -0.25) is 0 Å². The Morgan fingerprint density at radius 3 is 2.72 bits per heavy atom. The van der Waals surface area contributed by atoms with Crippen LogP contribution >= 0.6 is 23.2 Å². The van der Waals surface area contributed by atoms with Gasteiger partial charge in [0, 0.05) is 6.54 Å². The summed E-state index contributed by atoms with van der Waals surface area (Å²) >= 11 is 12.0. The number of aromatic nitrogens is 2. The molecule has 0 saturated heterocycles. The van der Waals surface area contributed by atoms with Gasteiger partial charge in [0.05, 0.1) is 17.7 Å². The van der Waals surface area contributed by atoms with Crippen LogP contribution in [0.1, 0.15) is 23.3 Å². The Hall–Kier alpha value is -2.12. The number of benzene rings is 1. The Kier molecular flexibility index (Phi) is 4.96. The molecule has 1 aliphatic rings. The number of hydrogen-bond donors (Lipinski definition) is 2. The zero-order valence-corrected chi connectivity index (χ0v) is 14.7. The Labute approximate surface area is 153 Å². The van der Waals surface area contributed by atoms with Gasteiger partial charge in [0.1, 0.15) is 10.8 Å². The highest BCUT2D eigenvalue weighted by molar-refractivity contribution is 6.35. The van der Waals surface area contributed by atoms with Crippen LogP contribution in [0.25, 0.3) is 11.4 Å². The molecule has 3 rings (SSSR count). The van der Waals surface area contributed by atoms with Crippen molar-refractivity contribution in [3.63, 3.8) is 0 Å². The number of rotatable bonds is 6. The second kappa shape index (κ2) is 7.01. The lowest BCUT2D eigenvalue weighted by Gasteiger charge is -2.13. The monoisotopic (exact) mass is 385 g/mol. The molecule has 2 aromatic rings. The first kappa shape index (κ1) is 17.7. The smallest absolute Gasteiger partial charge is 0.356 e. The van der Waals surface area contributed by atoms with Gasteiger partial charge in [-0.2, -0.15) is 0 Å². The van der Waals surface area contributed by atoms with Gasteiger partial charge in [0.15, 0.2) is 23.1 Å². The number of carbonyl (C=O) groups is 1. The van der Waals surface area contributed by atoms with E-state index in [2.05, 4.69) is 15.3 Å². The van der Waals surface area contributed by atoms with Crippen LogP contribution in [0, 0.1) is 11.7 Å². The van der Waals surface area contributed by atoms with Crippen LogP contribution in [0.5, 0.6) is 5.75 Å². The van der Waals surface area contributed by atoms with Gasteiger partial charge in [-0.15, -0.1) is 0 Å². The summed E-state index contributed by atoms with van der Waals surface area (Å²) in [5.41, 5.74) is -0.437. The van der Waals surface area contributed by atoms with Crippen LogP contribution < -0.4 is 10.1 Å². The van der Waals surface area contributed by atoms with Crippen molar-refractivity contribution in [2.45, 2.75) is 12.8 Å². The lowest BCUT2D eigenvalue weighted by atomic mass is 10.1. The maximum Gasteiger partial charge on any atom is 0.356 e. The van der Waals surface area contributed by atoms with E-state index in [4.69, 9.17) is 27.9 Å². The lowest BCUT2D eigenvalue weighted by molar-refractivity contribution is 0.0690. The van der Waals surface area contributed by atoms with Crippen molar-refractivity contribution in [2.24, 2.45) is 5.92 Å². The van der Waals surface area contributed by atoms with Crippen molar-refractivity contribution in [1.82, 2.24) is 9.97 Å². The molecule has 0 spiro atoms. The summed E-state index contributed by atoms with van der Waals surface area (Å²) in [7, 11) is 1.28. The summed E-state index contributed by atoms with van der Waals surface area (Å²) in [5.74, 6) is -1.72. The molecule has 0 atom stereocenters. The maximum absolute atomic E-state index is 14.6. The summed E-state index contributed by atoms with van der Waals surface area (Å²) in [6, 6.07) is 2.79. The molecule has 132 valence electrons. The van der Waals surface area contributed by atoms with Gasteiger partial charge in [0.2, 0.25) is 0 Å². The summed E-state index contributed by atoms with van der Waals surface area (Å²) in [5, 5.41) is 12.3. The number of hydrogen-bond acceptors (Lipinski definition) is 5. The number of nitrogens with zero attached hydrogens (tertiary/aromatic N) is 2. The van der Waals surface area contributed by atoms with E-state index in [0.717, 1.165) is 12.8 Å². The third kappa shape index (κ3) is 3.62. The average molecular weight is 386 g/mol. The van der Waals surface area contributed by atoms with Gasteiger partial charge < -0.3 is 15.2 Å². The SMILES string of the molecule is COc1c(Cl)ccc(-c2nc(NCC3CC3)c(Cl)c(C(=O)O)n2)c1F. The van der Waals surface area contributed by atoms with E-state index in [-0.39, 0.29) is 33.0 Å². The van der Waals surface area contributed by atoms with Crippen LogP contribution in [-0.4, -0.2) is 34.7 Å². The Balaban J connectivity index is 2.10. The molecular weight excluding hydrogens is 372 g/mol. The Morgan fingerprint density at radius 2 is 2.12 bits per heavy atom. The van der Waals surface area contributed by atoms with Gasteiger partial charge in [0.25, 0.3) is 0 Å². The van der Waals surface area contributed by atoms with Crippen molar-refractivity contribution in [1.29, 1.82) is 0 Å². The van der Waals surface area contributed by atoms with Crippen molar-refractivity contribution in [3.8, 4) is 17.1 Å². The molecule has 1 aromatic heterocycles. The quantitative estimate of drug-likeness (QED) is 0.777. The number of aromatic carboxylic acids is 1. The molecule has 0 bridgehead atoms. The summed E-state index contributed by atoms with van der Waals surface area (Å²) in [6.07, 6.45) is 2.19. The Bertz CT molecular complexity index is 844. The van der Waals surface area contributed by atoms with E-state index in [9.17, 15) is 14.3 Å². The minimum absolute atomic E-state index is 0.0325. The average Bonchev–Trinajstić information content (AvgIpc) is 3.39. The zero-order valence-electron chi connectivity index (χ0n) is 13.1. The molecule has 1 aromatic carbocycles. The van der Waals surface area contributed by atoms with Gasteiger partial charge >= 0.3 is 5.97 Å². The highest BCUT2D eigenvalue weighted by atomic mass is 35.5. The molecule has 2 N–H and O–H groups in total. The van der Waals surface area contributed by atoms with E-state index in [1.54, 1.807) is 0 Å². The molecule has 0 amide bonds. The molecular formula is C16H14Cl2FN3O3. The first-order chi connectivity index (χ1) is 11.9. The molecule has 1 fully saturated rings. The number of nitrogens with one attached hydrogen (secondary N) is 1. The summed E-state index contributed by atoms with van der Waals surface area (Å²) in [4.78, 5) is 19.5. The molecule has 0 unspecified atom stereocenters. The van der Waals surface area contributed by atoms with Crippen LogP contribution in [0.3, 0.4) is 0 Å². The third-order valence-corrected chi connectivity index (χ3v) is 4.46. The first-order valence-electron chi connectivity index (χ1n) is 7.49. The molecule has 9 heteroatoms.